The maximum Gasteiger partial charge on any atom is 0.394 e. The largest absolute Gasteiger partial charge is 0.474 e. The van der Waals surface area contributed by atoms with Gasteiger partial charge in [0.05, 0.1) is 0 Å². The minimum absolute atomic E-state index is 0.171. The average molecular weight is 286 g/mol. The fourth-order valence-electron chi connectivity index (χ4n) is 1.40. The lowest BCUT2D eigenvalue weighted by Crippen LogP contribution is -2.30. The molecule has 0 saturated heterocycles. The number of carboxylic acid groups (broad SMARTS) is 1. The number of aryl methyl sites for hydroxylation is 1. The van der Waals surface area contributed by atoms with Gasteiger partial charge in [-0.1, -0.05) is 0 Å². The number of rotatable bonds is 4. The molecule has 2 N–H and O–H groups in total. The van der Waals surface area contributed by atoms with E-state index >= 15 is 0 Å². The number of amides is 1. The van der Waals surface area contributed by atoms with Crippen molar-refractivity contribution in [1.82, 2.24) is 10.3 Å². The molecule has 7 heteroatoms. The molecule has 0 aromatic carbocycles. The number of nitrogens with zero attached hydrogens (tertiary/aromatic N) is 1. The first-order valence-electron chi connectivity index (χ1n) is 5.09. The first-order chi connectivity index (χ1) is 8.49. The molecule has 18 heavy (non-hydrogen) atoms. The van der Waals surface area contributed by atoms with Gasteiger partial charge in [-0.2, -0.15) is 0 Å². The van der Waals surface area contributed by atoms with Crippen molar-refractivity contribution in [2.24, 2.45) is 0 Å². The molecular formula is C11H14N2O3S2. The number of hydrogen-bond donors (Lipinski definition) is 2. The van der Waals surface area contributed by atoms with E-state index in [2.05, 4.69) is 10.3 Å². The van der Waals surface area contributed by atoms with Crippen molar-refractivity contribution in [2.45, 2.75) is 23.4 Å². The molecule has 0 aliphatic carbocycles. The van der Waals surface area contributed by atoms with Gasteiger partial charge in [-0.05, 0) is 25.5 Å². The van der Waals surface area contributed by atoms with E-state index in [1.807, 2.05) is 25.5 Å². The van der Waals surface area contributed by atoms with Crippen LogP contribution in [0.3, 0.4) is 0 Å². The fourth-order valence-corrected chi connectivity index (χ4v) is 2.83. The second kappa shape index (κ2) is 6.65. The van der Waals surface area contributed by atoms with Crippen LogP contribution in [-0.4, -0.2) is 34.5 Å². The molecule has 0 aliphatic rings. The van der Waals surface area contributed by atoms with Gasteiger partial charge in [0.2, 0.25) is 0 Å². The van der Waals surface area contributed by atoms with Crippen molar-refractivity contribution in [3.05, 3.63) is 17.3 Å². The second-order valence-electron chi connectivity index (χ2n) is 3.44. The van der Waals surface area contributed by atoms with Gasteiger partial charge >= 0.3 is 11.9 Å². The van der Waals surface area contributed by atoms with Gasteiger partial charge in [-0.3, -0.25) is 4.79 Å². The van der Waals surface area contributed by atoms with Crippen LogP contribution in [-0.2, 0) is 16.1 Å². The first kappa shape index (κ1) is 14.8. The Bertz CT molecular complexity index is 452. The molecule has 1 rings (SSSR count). The molecule has 1 aromatic heterocycles. The van der Waals surface area contributed by atoms with Crippen LogP contribution in [0.25, 0.3) is 0 Å². The van der Waals surface area contributed by atoms with Gasteiger partial charge < -0.3 is 10.4 Å². The van der Waals surface area contributed by atoms with Crippen molar-refractivity contribution in [3.8, 4) is 0 Å². The zero-order valence-electron chi connectivity index (χ0n) is 10.3. The predicted molar refractivity (Wildman–Crippen MR) is 72.0 cm³/mol. The third kappa shape index (κ3) is 3.64. The zero-order valence-corrected chi connectivity index (χ0v) is 11.9. The van der Waals surface area contributed by atoms with Gasteiger partial charge in [0, 0.05) is 22.7 Å². The third-order valence-corrected chi connectivity index (χ3v) is 3.74. The molecule has 98 valence electrons. The Balaban J connectivity index is 2.99. The average Bonchev–Trinajstić information content (AvgIpc) is 2.35. The van der Waals surface area contributed by atoms with Crippen LogP contribution in [0.15, 0.2) is 16.0 Å². The standard InChI is InChI=1S/C11H14N2O3S2/c1-6-4-8(17-2)7(10(13-6)18-3)5-12-9(14)11(15)16/h4H,5H2,1-3H3,(H,12,14)(H,15,16). The van der Waals surface area contributed by atoms with Crippen molar-refractivity contribution >= 4 is 35.4 Å². The number of nitrogens with one attached hydrogen (secondary N) is 1. The fraction of sp³-hybridized carbons (Fsp3) is 0.364. The van der Waals surface area contributed by atoms with Crippen molar-refractivity contribution in [2.75, 3.05) is 12.5 Å². The van der Waals surface area contributed by atoms with Gasteiger partial charge in [-0.15, -0.1) is 23.5 Å². The summed E-state index contributed by atoms with van der Waals surface area (Å²) in [5.41, 5.74) is 1.76. The highest BCUT2D eigenvalue weighted by molar-refractivity contribution is 7.99. The molecule has 0 fully saturated rings. The monoisotopic (exact) mass is 286 g/mol. The van der Waals surface area contributed by atoms with Crippen molar-refractivity contribution in [3.63, 3.8) is 0 Å². The van der Waals surface area contributed by atoms with E-state index in [-0.39, 0.29) is 6.54 Å². The number of aliphatic carboxylic acids is 1. The molecule has 1 heterocycles. The molecule has 5 nitrogen and oxygen atoms in total. The minimum Gasteiger partial charge on any atom is -0.474 e. The van der Waals surface area contributed by atoms with Crippen LogP contribution >= 0.6 is 23.5 Å². The zero-order chi connectivity index (χ0) is 13.7. The molecule has 0 radical (unpaired) electrons. The van der Waals surface area contributed by atoms with Crippen LogP contribution in [0.5, 0.6) is 0 Å². The van der Waals surface area contributed by atoms with Crippen molar-refractivity contribution < 1.29 is 14.7 Å². The number of thioether (sulfide) groups is 2. The van der Waals surface area contributed by atoms with Crippen LogP contribution < -0.4 is 5.32 Å². The van der Waals surface area contributed by atoms with E-state index in [9.17, 15) is 9.59 Å². The van der Waals surface area contributed by atoms with E-state index in [0.29, 0.717) is 0 Å². The highest BCUT2D eigenvalue weighted by Crippen LogP contribution is 2.28. The molecule has 0 unspecified atom stereocenters. The topological polar surface area (TPSA) is 79.3 Å². The molecule has 1 amide bonds. The number of carbonyl (C=O) groups is 2. The number of carboxylic acids is 1. The number of hydrogen-bond acceptors (Lipinski definition) is 5. The number of carbonyl (C=O) groups excluding carboxylic acids is 1. The summed E-state index contributed by atoms with van der Waals surface area (Å²) in [5, 5.41) is 11.7. The summed E-state index contributed by atoms with van der Waals surface area (Å²) in [7, 11) is 0. The van der Waals surface area contributed by atoms with E-state index in [4.69, 9.17) is 5.11 Å². The SMILES string of the molecule is CSc1cc(C)nc(SC)c1CNC(=O)C(=O)O. The summed E-state index contributed by atoms with van der Waals surface area (Å²) < 4.78 is 0. The Morgan fingerprint density at radius 1 is 1.39 bits per heavy atom. The Morgan fingerprint density at radius 3 is 2.56 bits per heavy atom. The highest BCUT2D eigenvalue weighted by atomic mass is 32.2. The van der Waals surface area contributed by atoms with Crippen LogP contribution in [0.1, 0.15) is 11.3 Å². The molecule has 0 spiro atoms. The second-order valence-corrected chi connectivity index (χ2v) is 5.08. The minimum atomic E-state index is -1.48. The summed E-state index contributed by atoms with van der Waals surface area (Å²) in [6, 6.07) is 1.92. The van der Waals surface area contributed by atoms with Gasteiger partial charge in [0.1, 0.15) is 5.03 Å². The van der Waals surface area contributed by atoms with Crippen molar-refractivity contribution in [1.29, 1.82) is 0 Å². The Hall–Kier alpha value is -1.21. The third-order valence-electron chi connectivity index (χ3n) is 2.21. The van der Waals surface area contributed by atoms with Crippen LogP contribution in [0.2, 0.25) is 0 Å². The predicted octanol–water partition coefficient (Wildman–Crippen LogP) is 1.53. The van der Waals surface area contributed by atoms with Gasteiger partial charge in [-0.25, -0.2) is 9.78 Å². The summed E-state index contributed by atoms with van der Waals surface area (Å²) >= 11 is 3.02. The molecular weight excluding hydrogens is 272 g/mol. The number of pyridine rings is 1. The maximum absolute atomic E-state index is 11.0. The molecule has 0 saturated carbocycles. The Labute approximate surface area is 114 Å². The lowest BCUT2D eigenvalue weighted by Gasteiger charge is -2.12. The summed E-state index contributed by atoms with van der Waals surface area (Å²) in [5.74, 6) is -2.49. The molecule has 1 aromatic rings. The smallest absolute Gasteiger partial charge is 0.394 e. The normalized spacial score (nSPS) is 10.2. The summed E-state index contributed by atoms with van der Waals surface area (Å²) in [4.78, 5) is 26.9. The first-order valence-corrected chi connectivity index (χ1v) is 7.54. The quantitative estimate of drug-likeness (QED) is 0.645. The van der Waals surface area contributed by atoms with E-state index in [1.165, 1.54) is 11.8 Å². The van der Waals surface area contributed by atoms with Crippen LogP contribution in [0, 0.1) is 6.92 Å². The van der Waals surface area contributed by atoms with E-state index in [1.54, 1.807) is 11.8 Å². The van der Waals surface area contributed by atoms with E-state index in [0.717, 1.165) is 21.2 Å². The lowest BCUT2D eigenvalue weighted by atomic mass is 10.2. The summed E-state index contributed by atoms with van der Waals surface area (Å²) in [6.07, 6.45) is 3.83. The Morgan fingerprint density at radius 2 is 2.06 bits per heavy atom. The molecule has 0 atom stereocenters. The lowest BCUT2D eigenvalue weighted by molar-refractivity contribution is -0.150. The van der Waals surface area contributed by atoms with Gasteiger partial charge in [0.15, 0.2) is 0 Å². The summed E-state index contributed by atoms with van der Waals surface area (Å²) in [6.45, 7) is 2.07. The van der Waals surface area contributed by atoms with E-state index < -0.39 is 11.9 Å². The maximum atomic E-state index is 11.0. The Kier molecular flexibility index (Phi) is 5.49. The van der Waals surface area contributed by atoms with Crippen LogP contribution in [0.4, 0.5) is 0 Å². The molecule has 0 bridgehead atoms. The molecule has 0 aliphatic heterocycles. The highest BCUT2D eigenvalue weighted by Gasteiger charge is 2.15. The number of aromatic nitrogens is 1. The van der Waals surface area contributed by atoms with Gasteiger partial charge in [0.25, 0.3) is 0 Å².